The highest BCUT2D eigenvalue weighted by Gasteiger charge is 2.20. The molecule has 9 heteroatoms. The van der Waals surface area contributed by atoms with Crippen molar-refractivity contribution in [1.29, 1.82) is 0 Å². The van der Waals surface area contributed by atoms with Crippen LogP contribution in [-0.4, -0.2) is 47.5 Å². The first-order valence-electron chi connectivity index (χ1n) is 11.2. The highest BCUT2D eigenvalue weighted by molar-refractivity contribution is 8.00. The summed E-state index contributed by atoms with van der Waals surface area (Å²) in [7, 11) is 0. The molecule has 6 nitrogen and oxygen atoms in total. The van der Waals surface area contributed by atoms with Crippen LogP contribution in [-0.2, 0) is 11.3 Å². The van der Waals surface area contributed by atoms with E-state index in [1.165, 1.54) is 15.2 Å². The van der Waals surface area contributed by atoms with Gasteiger partial charge < -0.3 is 15.0 Å². The minimum atomic E-state index is 0.798. The average molecular weight is 507 g/mol. The fourth-order valence-electron chi connectivity index (χ4n) is 4.25. The number of rotatable bonds is 6. The Hall–Kier alpha value is -2.56. The van der Waals surface area contributed by atoms with E-state index in [1.807, 2.05) is 6.07 Å². The lowest BCUT2D eigenvalue weighted by molar-refractivity contribution is -0.922. The van der Waals surface area contributed by atoms with Crippen LogP contribution in [0.1, 0.15) is 5.82 Å². The molecule has 1 aliphatic rings. The van der Waals surface area contributed by atoms with E-state index in [4.69, 9.17) is 14.7 Å². The number of hydrogen-bond donors (Lipinski definition) is 2. The SMILES string of the molecule is CSc1nc2ccc(Nc3nc(C[NH+]4CCOCC4)nc4scc(-c5ccccc5)c34)cc2s1. The number of aromatic nitrogens is 3. The van der Waals surface area contributed by atoms with Crippen LogP contribution in [0.5, 0.6) is 0 Å². The summed E-state index contributed by atoms with van der Waals surface area (Å²) in [5, 5.41) is 6.91. The van der Waals surface area contributed by atoms with Gasteiger partial charge in [0.1, 0.15) is 30.3 Å². The molecule has 0 spiro atoms. The van der Waals surface area contributed by atoms with Gasteiger partial charge in [-0.2, -0.15) is 0 Å². The largest absolute Gasteiger partial charge is 0.370 e. The summed E-state index contributed by atoms with van der Waals surface area (Å²) in [4.78, 5) is 17.2. The van der Waals surface area contributed by atoms with Crippen LogP contribution in [0.2, 0.25) is 0 Å². The molecule has 0 aliphatic carbocycles. The quantitative estimate of drug-likeness (QED) is 0.321. The molecule has 0 amide bonds. The van der Waals surface area contributed by atoms with Gasteiger partial charge in [0.25, 0.3) is 0 Å². The van der Waals surface area contributed by atoms with Crippen LogP contribution in [0.15, 0.2) is 58.3 Å². The number of nitrogens with one attached hydrogen (secondary N) is 2. The first kappa shape index (κ1) is 21.9. The monoisotopic (exact) mass is 506 g/mol. The van der Waals surface area contributed by atoms with Crippen LogP contribution in [0.3, 0.4) is 0 Å². The normalized spacial score (nSPS) is 14.7. The van der Waals surface area contributed by atoms with E-state index in [1.54, 1.807) is 34.4 Å². The Morgan fingerprint density at radius 1 is 1.06 bits per heavy atom. The van der Waals surface area contributed by atoms with E-state index in [0.717, 1.165) is 75.8 Å². The molecule has 6 rings (SSSR count). The molecule has 1 fully saturated rings. The van der Waals surface area contributed by atoms with Gasteiger partial charge in [0.15, 0.2) is 10.2 Å². The number of benzene rings is 2. The Morgan fingerprint density at radius 2 is 1.91 bits per heavy atom. The molecular weight excluding hydrogens is 483 g/mol. The zero-order valence-corrected chi connectivity index (χ0v) is 21.2. The Balaban J connectivity index is 1.43. The molecule has 0 unspecified atom stereocenters. The third-order valence-corrected chi connectivity index (χ3v) is 8.85. The second-order valence-electron chi connectivity index (χ2n) is 8.21. The molecule has 3 aromatic heterocycles. The van der Waals surface area contributed by atoms with Gasteiger partial charge in [0.05, 0.1) is 28.8 Å². The van der Waals surface area contributed by atoms with Crippen molar-refractivity contribution in [2.75, 3.05) is 37.9 Å². The molecule has 34 heavy (non-hydrogen) atoms. The summed E-state index contributed by atoms with van der Waals surface area (Å²) in [5.74, 6) is 1.73. The third kappa shape index (κ3) is 4.42. The molecule has 5 aromatic rings. The number of thiazole rings is 1. The number of quaternary nitrogens is 1. The van der Waals surface area contributed by atoms with Crippen LogP contribution < -0.4 is 10.2 Å². The van der Waals surface area contributed by atoms with Gasteiger partial charge in [0.2, 0.25) is 0 Å². The Morgan fingerprint density at radius 3 is 2.74 bits per heavy atom. The van der Waals surface area contributed by atoms with Crippen LogP contribution in [0.4, 0.5) is 11.5 Å². The van der Waals surface area contributed by atoms with Crippen molar-refractivity contribution in [2.24, 2.45) is 0 Å². The molecule has 2 aromatic carbocycles. The highest BCUT2D eigenvalue weighted by atomic mass is 32.2. The lowest BCUT2D eigenvalue weighted by atomic mass is 10.1. The molecular formula is C25H24N5OS3+. The fourth-order valence-corrected chi connectivity index (χ4v) is 6.75. The Labute approximate surface area is 210 Å². The van der Waals surface area contributed by atoms with E-state index < -0.39 is 0 Å². The second-order valence-corrected chi connectivity index (χ2v) is 11.2. The summed E-state index contributed by atoms with van der Waals surface area (Å²) in [6, 6.07) is 16.8. The summed E-state index contributed by atoms with van der Waals surface area (Å²) in [5.41, 5.74) is 4.38. The van der Waals surface area contributed by atoms with Gasteiger partial charge in [-0.1, -0.05) is 42.1 Å². The Bertz CT molecular complexity index is 1440. The number of hydrogen-bond acceptors (Lipinski definition) is 8. The average Bonchev–Trinajstić information content (AvgIpc) is 3.49. The van der Waals surface area contributed by atoms with E-state index in [9.17, 15) is 0 Å². The van der Waals surface area contributed by atoms with Gasteiger partial charge in [0, 0.05) is 16.6 Å². The van der Waals surface area contributed by atoms with E-state index in [2.05, 4.69) is 64.4 Å². The summed E-state index contributed by atoms with van der Waals surface area (Å²) < 4.78 is 7.78. The van der Waals surface area contributed by atoms with Crippen molar-refractivity contribution in [2.45, 2.75) is 10.9 Å². The van der Waals surface area contributed by atoms with Crippen molar-refractivity contribution < 1.29 is 9.64 Å². The minimum Gasteiger partial charge on any atom is -0.370 e. The maximum absolute atomic E-state index is 5.53. The molecule has 172 valence electrons. The molecule has 1 aliphatic heterocycles. The molecule has 1 saturated heterocycles. The lowest BCUT2D eigenvalue weighted by Gasteiger charge is -2.23. The number of nitrogens with zero attached hydrogens (tertiary/aromatic N) is 3. The van der Waals surface area contributed by atoms with E-state index in [0.29, 0.717) is 0 Å². The van der Waals surface area contributed by atoms with Gasteiger partial charge in [-0.3, -0.25) is 0 Å². The van der Waals surface area contributed by atoms with Crippen molar-refractivity contribution in [3.63, 3.8) is 0 Å². The zero-order valence-electron chi connectivity index (χ0n) is 18.7. The summed E-state index contributed by atoms with van der Waals surface area (Å²) in [6.07, 6.45) is 2.06. The third-order valence-electron chi connectivity index (χ3n) is 5.98. The number of morpholine rings is 1. The van der Waals surface area contributed by atoms with E-state index in [-0.39, 0.29) is 0 Å². The molecule has 0 bridgehead atoms. The number of thioether (sulfide) groups is 1. The fraction of sp³-hybridized carbons (Fsp3) is 0.240. The molecule has 0 radical (unpaired) electrons. The number of ether oxygens (including phenoxy) is 1. The van der Waals surface area contributed by atoms with Gasteiger partial charge >= 0.3 is 0 Å². The minimum absolute atomic E-state index is 0.798. The predicted octanol–water partition coefficient (Wildman–Crippen LogP) is 4.85. The number of anilines is 2. The molecule has 2 N–H and O–H groups in total. The van der Waals surface area contributed by atoms with Crippen molar-refractivity contribution >= 4 is 66.4 Å². The number of fused-ring (bicyclic) bond motifs is 2. The Kier molecular flexibility index (Phi) is 6.19. The zero-order chi connectivity index (χ0) is 22.9. The maximum atomic E-state index is 5.53. The lowest BCUT2D eigenvalue weighted by Crippen LogP contribution is -3.12. The standard InChI is InChI=1S/C25H23N5OS3/c1-32-25-27-19-8-7-17(13-20(19)34-25)26-23-22-18(16-5-3-2-4-6-16)15-33-24(22)29-21(28-23)14-30-9-11-31-12-10-30/h2-8,13,15H,9-12,14H2,1H3,(H,26,28,29)/p+1. The van der Waals surface area contributed by atoms with Gasteiger partial charge in [-0.15, -0.1) is 22.7 Å². The van der Waals surface area contributed by atoms with E-state index >= 15 is 0 Å². The molecule has 0 atom stereocenters. The first-order valence-corrected chi connectivity index (χ1v) is 14.2. The molecule has 4 heterocycles. The highest BCUT2D eigenvalue weighted by Crippen LogP contribution is 2.38. The van der Waals surface area contributed by atoms with Gasteiger partial charge in [-0.25, -0.2) is 15.0 Å². The summed E-state index contributed by atoms with van der Waals surface area (Å²) in [6.45, 7) is 4.38. The summed E-state index contributed by atoms with van der Waals surface area (Å²) >= 11 is 5.08. The predicted molar refractivity (Wildman–Crippen MR) is 143 cm³/mol. The van der Waals surface area contributed by atoms with Crippen molar-refractivity contribution in [3.8, 4) is 11.1 Å². The van der Waals surface area contributed by atoms with Crippen LogP contribution in [0.25, 0.3) is 31.6 Å². The van der Waals surface area contributed by atoms with Crippen molar-refractivity contribution in [3.05, 3.63) is 59.7 Å². The molecule has 0 saturated carbocycles. The number of thiophene rings is 1. The smallest absolute Gasteiger partial charge is 0.187 e. The second kappa shape index (κ2) is 9.59. The van der Waals surface area contributed by atoms with Crippen LogP contribution >= 0.6 is 34.4 Å². The van der Waals surface area contributed by atoms with Crippen LogP contribution in [0, 0.1) is 0 Å². The maximum Gasteiger partial charge on any atom is 0.187 e. The topological polar surface area (TPSA) is 64.4 Å². The van der Waals surface area contributed by atoms with Gasteiger partial charge in [-0.05, 0) is 30.0 Å². The van der Waals surface area contributed by atoms with Crippen molar-refractivity contribution in [1.82, 2.24) is 15.0 Å². The first-order chi connectivity index (χ1) is 16.8.